The predicted octanol–water partition coefficient (Wildman–Crippen LogP) is 4.63. The van der Waals surface area contributed by atoms with Gasteiger partial charge in [-0.3, -0.25) is 4.90 Å². The van der Waals surface area contributed by atoms with Gasteiger partial charge >= 0.3 is 6.01 Å². The second kappa shape index (κ2) is 9.46. The fraction of sp³-hybridized carbons (Fsp3) is 0.452. The van der Waals surface area contributed by atoms with Crippen molar-refractivity contribution >= 4 is 27.6 Å². The van der Waals surface area contributed by atoms with E-state index in [1.54, 1.807) is 12.1 Å². The molecule has 8 rings (SSSR count). The number of piperazine rings is 1. The number of hydrogen-bond donors (Lipinski definition) is 2. The maximum Gasteiger partial charge on any atom is 0.320 e. The highest BCUT2D eigenvalue weighted by molar-refractivity contribution is 5.99. The third-order valence-corrected chi connectivity index (χ3v) is 9.19. The van der Waals surface area contributed by atoms with Gasteiger partial charge in [-0.1, -0.05) is 19.1 Å². The molecule has 10 heteroatoms. The second-order valence-corrected chi connectivity index (χ2v) is 12.2. The van der Waals surface area contributed by atoms with Crippen LogP contribution in [0.25, 0.3) is 33.1 Å². The van der Waals surface area contributed by atoms with Gasteiger partial charge in [-0.2, -0.15) is 9.97 Å². The number of anilines is 1. The SMILES string of the molecule is C[C@@H]1C[C@@H](COc2nc(N3C4CNCC3C4)c3cc(F)c(-c4cc(O)cc5cccc(F)c45)nc3n2)N(C2CC2)C1. The maximum atomic E-state index is 15.9. The first-order valence-electron chi connectivity index (χ1n) is 14.6. The fourth-order valence-electron chi connectivity index (χ4n) is 7.20. The molecule has 2 aromatic heterocycles. The molecule has 0 radical (unpaired) electrons. The van der Waals surface area contributed by atoms with Gasteiger partial charge < -0.3 is 20.1 Å². The van der Waals surface area contributed by atoms with Gasteiger partial charge in [0.25, 0.3) is 0 Å². The minimum Gasteiger partial charge on any atom is -0.508 e. The summed E-state index contributed by atoms with van der Waals surface area (Å²) in [7, 11) is 0. The van der Waals surface area contributed by atoms with Crippen LogP contribution in [0.2, 0.25) is 0 Å². The first kappa shape index (κ1) is 25.1. The Balaban J connectivity index is 1.23. The number of phenols is 1. The number of nitrogens with zero attached hydrogens (tertiary/aromatic N) is 5. The summed E-state index contributed by atoms with van der Waals surface area (Å²) in [6.45, 7) is 5.51. The van der Waals surface area contributed by atoms with E-state index in [1.165, 1.54) is 37.1 Å². The van der Waals surface area contributed by atoms with Gasteiger partial charge in [0.15, 0.2) is 5.65 Å². The van der Waals surface area contributed by atoms with E-state index in [-0.39, 0.29) is 46.1 Å². The van der Waals surface area contributed by atoms with Crippen molar-refractivity contribution in [3.8, 4) is 23.0 Å². The molecule has 1 saturated carbocycles. The van der Waals surface area contributed by atoms with Crippen LogP contribution in [0.4, 0.5) is 14.6 Å². The van der Waals surface area contributed by atoms with Crippen LogP contribution in [0.5, 0.6) is 11.8 Å². The summed E-state index contributed by atoms with van der Waals surface area (Å²) in [5.74, 6) is -0.00162. The van der Waals surface area contributed by atoms with Crippen molar-refractivity contribution in [2.24, 2.45) is 5.92 Å². The summed E-state index contributed by atoms with van der Waals surface area (Å²) in [6, 6.07) is 10.5. The summed E-state index contributed by atoms with van der Waals surface area (Å²) in [6.07, 6.45) is 4.61. The number of ether oxygens (including phenoxy) is 1. The molecule has 41 heavy (non-hydrogen) atoms. The van der Waals surface area contributed by atoms with Gasteiger partial charge in [0.1, 0.15) is 35.5 Å². The van der Waals surface area contributed by atoms with Gasteiger partial charge in [0.2, 0.25) is 0 Å². The van der Waals surface area contributed by atoms with Crippen molar-refractivity contribution in [1.82, 2.24) is 25.2 Å². The van der Waals surface area contributed by atoms with Crippen molar-refractivity contribution in [2.75, 3.05) is 31.1 Å². The number of rotatable bonds is 6. The third-order valence-electron chi connectivity index (χ3n) is 9.19. The molecule has 0 spiro atoms. The van der Waals surface area contributed by atoms with E-state index < -0.39 is 11.6 Å². The van der Waals surface area contributed by atoms with Gasteiger partial charge in [0, 0.05) is 54.8 Å². The van der Waals surface area contributed by atoms with Crippen LogP contribution in [0, 0.1) is 17.6 Å². The highest BCUT2D eigenvalue weighted by atomic mass is 19.1. The van der Waals surface area contributed by atoms with Gasteiger partial charge in [-0.05, 0) is 61.3 Å². The normalized spacial score (nSPS) is 26.1. The Hall–Kier alpha value is -3.63. The molecule has 4 atom stereocenters. The number of benzene rings is 2. The highest BCUT2D eigenvalue weighted by Gasteiger charge is 2.44. The highest BCUT2D eigenvalue weighted by Crippen LogP contribution is 2.41. The summed E-state index contributed by atoms with van der Waals surface area (Å²) >= 11 is 0. The number of aromatic nitrogens is 3. The maximum absolute atomic E-state index is 15.9. The Morgan fingerprint density at radius 1 is 1.00 bits per heavy atom. The van der Waals surface area contributed by atoms with Crippen molar-refractivity contribution in [3.05, 3.63) is 48.0 Å². The largest absolute Gasteiger partial charge is 0.508 e. The van der Waals surface area contributed by atoms with E-state index in [4.69, 9.17) is 9.72 Å². The number of fused-ring (bicyclic) bond motifs is 4. The van der Waals surface area contributed by atoms with E-state index in [0.717, 1.165) is 32.5 Å². The quantitative estimate of drug-likeness (QED) is 0.354. The van der Waals surface area contributed by atoms with E-state index >= 15 is 8.78 Å². The van der Waals surface area contributed by atoms with Crippen LogP contribution in [0.15, 0.2) is 36.4 Å². The third kappa shape index (κ3) is 4.26. The zero-order valence-electron chi connectivity index (χ0n) is 22.9. The molecule has 3 saturated heterocycles. The van der Waals surface area contributed by atoms with Crippen LogP contribution in [-0.4, -0.2) is 75.4 Å². The summed E-state index contributed by atoms with van der Waals surface area (Å²) in [5, 5.41) is 15.0. The first-order chi connectivity index (χ1) is 19.9. The zero-order chi connectivity index (χ0) is 27.8. The number of nitrogens with one attached hydrogen (secondary N) is 1. The van der Waals surface area contributed by atoms with Crippen molar-refractivity contribution < 1.29 is 18.6 Å². The lowest BCUT2D eigenvalue weighted by Crippen LogP contribution is -2.68. The standard InChI is InChI=1S/C31H32F2N6O2/c1-16-7-21(38(14-16)18-5-6-18)15-41-31-36-29-24(30(37-31)39-19-9-20(39)13-34-12-19)11-26(33)28(35-29)23-10-22(40)8-17-3-2-4-25(32)27(17)23/h2-4,8,10-11,16,18-21,34,40H,5-7,9,12-15H2,1H3/t16-,19?,20?,21+/m1/s1. The van der Waals surface area contributed by atoms with Gasteiger partial charge in [-0.25, -0.2) is 13.8 Å². The van der Waals surface area contributed by atoms with Gasteiger partial charge in [-0.15, -0.1) is 0 Å². The Morgan fingerprint density at radius 3 is 2.61 bits per heavy atom. The van der Waals surface area contributed by atoms with E-state index in [2.05, 4.69) is 32.0 Å². The molecule has 1 aliphatic carbocycles. The van der Waals surface area contributed by atoms with Crippen LogP contribution in [0.1, 0.15) is 32.6 Å². The van der Waals surface area contributed by atoms with Crippen LogP contribution in [-0.2, 0) is 0 Å². The van der Waals surface area contributed by atoms with E-state index in [1.807, 2.05) is 0 Å². The molecule has 4 aromatic rings. The van der Waals surface area contributed by atoms with E-state index in [9.17, 15) is 5.11 Å². The summed E-state index contributed by atoms with van der Waals surface area (Å²) in [4.78, 5) is 18.9. The van der Waals surface area contributed by atoms with Crippen molar-refractivity contribution in [3.63, 3.8) is 0 Å². The lowest BCUT2D eigenvalue weighted by molar-refractivity contribution is 0.158. The molecule has 4 aliphatic rings. The molecule has 4 fully saturated rings. The molecule has 2 N–H and O–H groups in total. The lowest BCUT2D eigenvalue weighted by atomic mass is 9.88. The lowest BCUT2D eigenvalue weighted by Gasteiger charge is -2.54. The van der Waals surface area contributed by atoms with Crippen molar-refractivity contribution in [2.45, 2.75) is 56.8 Å². The number of pyridine rings is 1. The molecule has 3 aliphatic heterocycles. The number of piperidine rings is 1. The minimum absolute atomic E-state index is 0.0749. The zero-order valence-corrected chi connectivity index (χ0v) is 22.9. The van der Waals surface area contributed by atoms with Crippen LogP contribution in [0.3, 0.4) is 0 Å². The van der Waals surface area contributed by atoms with E-state index in [0.29, 0.717) is 41.2 Å². The number of likely N-dealkylation sites (tertiary alicyclic amines) is 1. The summed E-state index contributed by atoms with van der Waals surface area (Å²) < 4.78 is 37.2. The smallest absolute Gasteiger partial charge is 0.320 e. The number of phenolic OH excluding ortho intramolecular Hbond substituents is 1. The molecular formula is C31H32F2N6O2. The fourth-order valence-corrected chi connectivity index (χ4v) is 7.20. The molecule has 2 aromatic carbocycles. The molecule has 2 bridgehead atoms. The van der Waals surface area contributed by atoms with Crippen LogP contribution < -0.4 is 15.0 Å². The number of halogens is 2. The monoisotopic (exact) mass is 558 g/mol. The average molecular weight is 559 g/mol. The topological polar surface area (TPSA) is 86.6 Å². The average Bonchev–Trinajstić information content (AvgIpc) is 3.73. The van der Waals surface area contributed by atoms with Crippen molar-refractivity contribution in [1.29, 1.82) is 0 Å². The van der Waals surface area contributed by atoms with Crippen LogP contribution >= 0.6 is 0 Å². The predicted molar refractivity (Wildman–Crippen MR) is 152 cm³/mol. The molecule has 0 amide bonds. The van der Waals surface area contributed by atoms with Gasteiger partial charge in [0.05, 0.1) is 5.39 Å². The molecule has 8 nitrogen and oxygen atoms in total. The minimum atomic E-state index is -0.630. The Morgan fingerprint density at radius 2 is 1.83 bits per heavy atom. The molecule has 5 heterocycles. The molecule has 212 valence electrons. The Labute approximate surface area is 236 Å². The second-order valence-electron chi connectivity index (χ2n) is 12.2. The number of aromatic hydroxyl groups is 1. The Bertz CT molecular complexity index is 1670. The molecular weight excluding hydrogens is 526 g/mol. The molecule has 2 unspecified atom stereocenters. The number of hydrogen-bond acceptors (Lipinski definition) is 8. The first-order valence-corrected chi connectivity index (χ1v) is 14.6. The summed E-state index contributed by atoms with van der Waals surface area (Å²) in [5.41, 5.74) is 0.380. The Kier molecular flexibility index (Phi) is 5.79.